The number of benzene rings is 2. The van der Waals surface area contributed by atoms with E-state index in [1.165, 1.54) is 0 Å². The van der Waals surface area contributed by atoms with Gasteiger partial charge in [0.15, 0.2) is 0 Å². The van der Waals surface area contributed by atoms with Gasteiger partial charge in [-0.05, 0) is 37.1 Å². The van der Waals surface area contributed by atoms with E-state index in [1.807, 2.05) is 53.4 Å². The van der Waals surface area contributed by atoms with E-state index < -0.39 is 0 Å². The summed E-state index contributed by atoms with van der Waals surface area (Å²) in [4.78, 5) is 28.8. The van der Waals surface area contributed by atoms with Crippen molar-refractivity contribution in [3.63, 3.8) is 0 Å². The van der Waals surface area contributed by atoms with E-state index in [4.69, 9.17) is 0 Å². The van der Waals surface area contributed by atoms with Gasteiger partial charge in [0, 0.05) is 56.6 Å². The third-order valence-corrected chi connectivity index (χ3v) is 6.62. The Kier molecular flexibility index (Phi) is 6.11. The highest BCUT2D eigenvalue weighted by Gasteiger charge is 2.31. The second kappa shape index (κ2) is 9.48. The number of carbonyl (C=O) groups is 1. The normalized spacial score (nSPS) is 18.9. The van der Waals surface area contributed by atoms with E-state index in [0.717, 1.165) is 68.3 Å². The molecule has 1 atom stereocenters. The van der Waals surface area contributed by atoms with Crippen LogP contribution in [-0.2, 0) is 4.79 Å². The number of nitrogens with zero attached hydrogens (tertiary/aromatic N) is 5. The molecule has 5 rings (SSSR count). The second-order valence-corrected chi connectivity index (χ2v) is 8.74. The summed E-state index contributed by atoms with van der Waals surface area (Å²) in [6.07, 6.45) is 3.52. The first-order chi connectivity index (χ1) is 16.2. The van der Waals surface area contributed by atoms with Gasteiger partial charge in [-0.2, -0.15) is 0 Å². The van der Waals surface area contributed by atoms with Crippen molar-refractivity contribution in [1.29, 1.82) is 0 Å². The van der Waals surface area contributed by atoms with Gasteiger partial charge in [0.1, 0.15) is 17.9 Å². The molecule has 1 N–H and O–H groups in total. The number of amides is 1. The summed E-state index contributed by atoms with van der Waals surface area (Å²) in [7, 11) is 0. The first-order valence-corrected chi connectivity index (χ1v) is 11.6. The minimum atomic E-state index is -0.00545. The average Bonchev–Trinajstić information content (AvgIpc) is 2.89. The lowest BCUT2D eigenvalue weighted by atomic mass is 9.96. The summed E-state index contributed by atoms with van der Waals surface area (Å²) in [6, 6.07) is 19.4. The van der Waals surface area contributed by atoms with E-state index >= 15 is 0 Å². The van der Waals surface area contributed by atoms with Crippen LogP contribution in [0, 0.1) is 5.92 Å². The van der Waals surface area contributed by atoms with E-state index in [1.54, 1.807) is 18.5 Å². The first kappa shape index (κ1) is 21.2. The Morgan fingerprint density at radius 2 is 1.64 bits per heavy atom. The lowest BCUT2D eigenvalue weighted by molar-refractivity contribution is -0.136. The van der Waals surface area contributed by atoms with Gasteiger partial charge in [0.05, 0.1) is 11.6 Å². The summed E-state index contributed by atoms with van der Waals surface area (Å²) >= 11 is 0. The molecule has 0 bridgehead atoms. The highest BCUT2D eigenvalue weighted by molar-refractivity contribution is 5.80. The average molecular weight is 444 g/mol. The third kappa shape index (κ3) is 4.77. The van der Waals surface area contributed by atoms with Crippen LogP contribution in [0.1, 0.15) is 12.8 Å². The van der Waals surface area contributed by atoms with Gasteiger partial charge in [-0.15, -0.1) is 0 Å². The molecule has 2 saturated heterocycles. The quantitative estimate of drug-likeness (QED) is 0.666. The molecule has 0 saturated carbocycles. The highest BCUT2D eigenvalue weighted by atomic mass is 16.3. The number of anilines is 2. The summed E-state index contributed by atoms with van der Waals surface area (Å²) < 4.78 is 0. The number of aromatic nitrogens is 2. The number of phenolic OH excluding ortho intramolecular Hbond substituents is 1. The number of hydrogen-bond donors (Lipinski definition) is 1. The van der Waals surface area contributed by atoms with Crippen molar-refractivity contribution in [3.8, 4) is 17.0 Å². The van der Waals surface area contributed by atoms with Crippen molar-refractivity contribution in [2.75, 3.05) is 49.1 Å². The molecule has 0 spiro atoms. The number of rotatable bonds is 4. The van der Waals surface area contributed by atoms with Gasteiger partial charge in [-0.3, -0.25) is 4.79 Å². The maximum atomic E-state index is 13.3. The maximum Gasteiger partial charge on any atom is 0.227 e. The maximum absolute atomic E-state index is 13.3. The molecule has 1 unspecified atom stereocenters. The Morgan fingerprint density at radius 3 is 2.39 bits per heavy atom. The number of piperidine rings is 1. The van der Waals surface area contributed by atoms with Crippen LogP contribution < -0.4 is 9.80 Å². The van der Waals surface area contributed by atoms with Crippen LogP contribution in [0.4, 0.5) is 11.5 Å². The zero-order chi connectivity index (χ0) is 22.6. The lowest BCUT2D eigenvalue weighted by Gasteiger charge is -2.40. The van der Waals surface area contributed by atoms with Crippen molar-refractivity contribution in [2.24, 2.45) is 5.92 Å². The van der Waals surface area contributed by atoms with Gasteiger partial charge in [-0.1, -0.05) is 30.3 Å². The molecule has 2 aromatic carbocycles. The zero-order valence-electron chi connectivity index (χ0n) is 18.7. The standard InChI is InChI=1S/C26H29N5O2/c32-23-10-8-22(9-11-23)29-13-15-30(16-14-29)26(33)21-7-4-12-31(18-21)25-17-24(27-19-28-25)20-5-2-1-3-6-20/h1-3,5-6,8-11,17,19,21,32H,4,7,12-16,18H2. The van der Waals surface area contributed by atoms with Crippen LogP contribution >= 0.6 is 0 Å². The predicted octanol–water partition coefficient (Wildman–Crippen LogP) is 3.41. The second-order valence-electron chi connectivity index (χ2n) is 8.74. The summed E-state index contributed by atoms with van der Waals surface area (Å²) in [5, 5.41) is 9.51. The monoisotopic (exact) mass is 443 g/mol. The largest absolute Gasteiger partial charge is 0.508 e. The third-order valence-electron chi connectivity index (χ3n) is 6.62. The fraction of sp³-hybridized carbons (Fsp3) is 0.346. The molecular formula is C26H29N5O2. The molecule has 0 radical (unpaired) electrons. The van der Waals surface area contributed by atoms with Gasteiger partial charge in [0.25, 0.3) is 0 Å². The lowest BCUT2D eigenvalue weighted by Crippen LogP contribution is -2.52. The molecule has 7 nitrogen and oxygen atoms in total. The van der Waals surface area contributed by atoms with Gasteiger partial charge < -0.3 is 19.8 Å². The molecule has 2 aliphatic rings. The Morgan fingerprint density at radius 1 is 0.879 bits per heavy atom. The fourth-order valence-electron chi connectivity index (χ4n) is 4.78. The van der Waals surface area contributed by atoms with Crippen molar-refractivity contribution in [1.82, 2.24) is 14.9 Å². The van der Waals surface area contributed by atoms with Gasteiger partial charge >= 0.3 is 0 Å². The van der Waals surface area contributed by atoms with Crippen LogP contribution in [0.3, 0.4) is 0 Å². The van der Waals surface area contributed by atoms with Crippen LogP contribution in [0.25, 0.3) is 11.3 Å². The highest BCUT2D eigenvalue weighted by Crippen LogP contribution is 2.27. The molecule has 1 amide bonds. The van der Waals surface area contributed by atoms with E-state index in [-0.39, 0.29) is 17.6 Å². The molecule has 3 heterocycles. The van der Waals surface area contributed by atoms with Crippen LogP contribution in [-0.4, -0.2) is 65.2 Å². The molecule has 1 aromatic heterocycles. The molecule has 2 aliphatic heterocycles. The minimum Gasteiger partial charge on any atom is -0.508 e. The number of carbonyl (C=O) groups excluding carboxylic acids is 1. The van der Waals surface area contributed by atoms with Crippen LogP contribution in [0.2, 0.25) is 0 Å². The van der Waals surface area contributed by atoms with Crippen molar-refractivity contribution in [3.05, 3.63) is 67.0 Å². The van der Waals surface area contributed by atoms with E-state index in [0.29, 0.717) is 6.54 Å². The first-order valence-electron chi connectivity index (χ1n) is 11.6. The molecule has 3 aromatic rings. The Bertz CT molecular complexity index is 1080. The Balaban J connectivity index is 1.21. The SMILES string of the molecule is O=C(C1CCCN(c2cc(-c3ccccc3)ncn2)C1)N1CCN(c2ccc(O)cc2)CC1. The van der Waals surface area contributed by atoms with Gasteiger partial charge in [-0.25, -0.2) is 9.97 Å². The summed E-state index contributed by atoms with van der Waals surface area (Å²) in [5.74, 6) is 1.41. The van der Waals surface area contributed by atoms with Crippen molar-refractivity contribution >= 4 is 17.4 Å². The minimum absolute atomic E-state index is 0.00545. The molecule has 2 fully saturated rings. The van der Waals surface area contributed by atoms with Crippen molar-refractivity contribution in [2.45, 2.75) is 12.8 Å². The zero-order valence-corrected chi connectivity index (χ0v) is 18.7. The van der Waals surface area contributed by atoms with E-state index in [9.17, 15) is 9.90 Å². The number of piperazine rings is 1. The fourth-order valence-corrected chi connectivity index (χ4v) is 4.78. The molecule has 170 valence electrons. The van der Waals surface area contributed by atoms with E-state index in [2.05, 4.69) is 19.8 Å². The predicted molar refractivity (Wildman–Crippen MR) is 129 cm³/mol. The number of phenols is 1. The molecular weight excluding hydrogens is 414 g/mol. The molecule has 33 heavy (non-hydrogen) atoms. The van der Waals surface area contributed by atoms with Gasteiger partial charge in [0.2, 0.25) is 5.91 Å². The smallest absolute Gasteiger partial charge is 0.227 e. The van der Waals surface area contributed by atoms with Crippen LogP contribution in [0.5, 0.6) is 5.75 Å². The Hall–Kier alpha value is -3.61. The molecule has 0 aliphatic carbocycles. The van der Waals surface area contributed by atoms with Crippen LogP contribution in [0.15, 0.2) is 67.0 Å². The van der Waals surface area contributed by atoms with Crippen molar-refractivity contribution < 1.29 is 9.90 Å². The number of aromatic hydroxyl groups is 1. The summed E-state index contributed by atoms with van der Waals surface area (Å²) in [6.45, 7) is 4.66. The molecule has 7 heteroatoms. The number of hydrogen-bond acceptors (Lipinski definition) is 6. The Labute approximate surface area is 194 Å². The summed E-state index contributed by atoms with van der Waals surface area (Å²) in [5.41, 5.74) is 3.05. The topological polar surface area (TPSA) is 72.8 Å².